The molecular formula is C10H22N2O2S. The number of nitrogens with one attached hydrogen (secondary N) is 2. The quantitative estimate of drug-likeness (QED) is 0.643. The molecule has 0 aliphatic carbocycles. The summed E-state index contributed by atoms with van der Waals surface area (Å²) in [6.45, 7) is 6.96. The monoisotopic (exact) mass is 234 g/mol. The summed E-state index contributed by atoms with van der Waals surface area (Å²) >= 11 is 0. The Balaban J connectivity index is 2.21. The van der Waals surface area contributed by atoms with Crippen molar-refractivity contribution in [2.45, 2.75) is 32.2 Å². The minimum atomic E-state index is -2.78. The highest BCUT2D eigenvalue weighted by atomic mass is 32.2. The Kier molecular flexibility index (Phi) is 4.55. The van der Waals surface area contributed by atoms with E-state index in [9.17, 15) is 8.42 Å². The largest absolute Gasteiger partial charge is 0.317 e. The van der Waals surface area contributed by atoms with Crippen LogP contribution in [0, 0.1) is 0 Å². The zero-order chi connectivity index (χ0) is 11.4. The summed E-state index contributed by atoms with van der Waals surface area (Å²) in [7, 11) is -2.78. The second-order valence-electron chi connectivity index (χ2n) is 4.54. The minimum absolute atomic E-state index is 0.189. The van der Waals surface area contributed by atoms with Gasteiger partial charge in [0.1, 0.15) is 0 Å². The Morgan fingerprint density at radius 3 is 2.60 bits per heavy atom. The first-order valence-electron chi connectivity index (χ1n) is 5.64. The Morgan fingerprint density at radius 1 is 1.33 bits per heavy atom. The summed E-state index contributed by atoms with van der Waals surface area (Å²) in [4.78, 5) is 0. The Bertz CT molecular complexity index is 290. The van der Waals surface area contributed by atoms with Gasteiger partial charge in [0.25, 0.3) is 0 Å². The lowest BCUT2D eigenvalue weighted by molar-refractivity contribution is 0.393. The van der Waals surface area contributed by atoms with Crippen LogP contribution in [0.1, 0.15) is 26.7 Å². The zero-order valence-corrected chi connectivity index (χ0v) is 10.5. The van der Waals surface area contributed by atoms with Crippen molar-refractivity contribution >= 4 is 9.84 Å². The molecule has 1 atom stereocenters. The van der Waals surface area contributed by atoms with Gasteiger partial charge in [0.05, 0.1) is 11.5 Å². The summed E-state index contributed by atoms with van der Waals surface area (Å²) in [5.41, 5.74) is -0.189. The van der Waals surface area contributed by atoms with Gasteiger partial charge in [-0.3, -0.25) is 0 Å². The lowest BCUT2D eigenvalue weighted by Crippen LogP contribution is -2.44. The molecule has 1 fully saturated rings. The molecule has 0 aromatic carbocycles. The van der Waals surface area contributed by atoms with Gasteiger partial charge in [0.2, 0.25) is 0 Å². The fraction of sp³-hybridized carbons (Fsp3) is 1.00. The van der Waals surface area contributed by atoms with Crippen molar-refractivity contribution in [2.75, 3.05) is 31.1 Å². The van der Waals surface area contributed by atoms with E-state index in [0.29, 0.717) is 11.5 Å². The average Bonchev–Trinajstić information content (AvgIpc) is 2.41. The van der Waals surface area contributed by atoms with Crippen LogP contribution in [0.3, 0.4) is 0 Å². The molecule has 0 saturated carbocycles. The van der Waals surface area contributed by atoms with E-state index in [1.807, 2.05) is 6.92 Å². The molecule has 4 nitrogen and oxygen atoms in total. The van der Waals surface area contributed by atoms with E-state index in [1.54, 1.807) is 0 Å². The second-order valence-corrected chi connectivity index (χ2v) is 6.72. The highest BCUT2D eigenvalue weighted by molar-refractivity contribution is 7.91. The third kappa shape index (κ3) is 4.49. The molecule has 90 valence electrons. The first-order valence-corrected chi connectivity index (χ1v) is 7.46. The molecule has 0 spiro atoms. The third-order valence-electron chi connectivity index (χ3n) is 2.84. The first kappa shape index (κ1) is 12.9. The van der Waals surface area contributed by atoms with Crippen LogP contribution in [0.4, 0.5) is 0 Å². The fourth-order valence-electron chi connectivity index (χ4n) is 1.93. The van der Waals surface area contributed by atoms with Crippen molar-refractivity contribution in [3.63, 3.8) is 0 Å². The average molecular weight is 234 g/mol. The van der Waals surface area contributed by atoms with Gasteiger partial charge in [0, 0.05) is 5.54 Å². The molecule has 1 saturated heterocycles. The molecule has 1 unspecified atom stereocenters. The molecule has 1 aliphatic heterocycles. The molecule has 5 heteroatoms. The maximum absolute atomic E-state index is 11.3. The van der Waals surface area contributed by atoms with E-state index in [1.165, 1.54) is 0 Å². The van der Waals surface area contributed by atoms with Crippen LogP contribution < -0.4 is 10.6 Å². The zero-order valence-electron chi connectivity index (χ0n) is 9.67. The molecule has 15 heavy (non-hydrogen) atoms. The fourth-order valence-corrected chi connectivity index (χ4v) is 4.05. The van der Waals surface area contributed by atoms with Crippen LogP contribution >= 0.6 is 0 Å². The molecule has 0 radical (unpaired) electrons. The standard InChI is InChI=1S/C10H22N2O2S/c1-3-11-6-4-7-12-10(2)5-8-15(13,14)9-10/h11-12H,3-9H2,1-2H3. The van der Waals surface area contributed by atoms with Crippen LogP contribution in [-0.2, 0) is 9.84 Å². The topological polar surface area (TPSA) is 58.2 Å². The minimum Gasteiger partial charge on any atom is -0.317 e. The van der Waals surface area contributed by atoms with Crippen molar-refractivity contribution in [1.82, 2.24) is 10.6 Å². The third-order valence-corrected chi connectivity index (χ3v) is 4.74. The van der Waals surface area contributed by atoms with Gasteiger partial charge in [0.15, 0.2) is 9.84 Å². The van der Waals surface area contributed by atoms with Crippen LogP contribution in [0.15, 0.2) is 0 Å². The Morgan fingerprint density at radius 2 is 2.07 bits per heavy atom. The molecule has 0 aromatic rings. The Hall–Kier alpha value is -0.130. The lowest BCUT2D eigenvalue weighted by atomic mass is 10.0. The van der Waals surface area contributed by atoms with Crippen LogP contribution in [0.25, 0.3) is 0 Å². The van der Waals surface area contributed by atoms with Crippen molar-refractivity contribution in [1.29, 1.82) is 0 Å². The van der Waals surface area contributed by atoms with Gasteiger partial charge in [-0.25, -0.2) is 8.42 Å². The molecule has 0 bridgehead atoms. The van der Waals surface area contributed by atoms with Gasteiger partial charge >= 0.3 is 0 Å². The summed E-state index contributed by atoms with van der Waals surface area (Å²) in [5.74, 6) is 0.630. The van der Waals surface area contributed by atoms with Gasteiger partial charge in [-0.1, -0.05) is 6.92 Å². The van der Waals surface area contributed by atoms with Crippen molar-refractivity contribution in [3.05, 3.63) is 0 Å². The molecule has 0 aromatic heterocycles. The summed E-state index contributed by atoms with van der Waals surface area (Å²) < 4.78 is 22.7. The van der Waals surface area contributed by atoms with Crippen LogP contribution in [0.2, 0.25) is 0 Å². The van der Waals surface area contributed by atoms with E-state index in [4.69, 9.17) is 0 Å². The van der Waals surface area contributed by atoms with Gasteiger partial charge in [-0.05, 0) is 39.4 Å². The van der Waals surface area contributed by atoms with E-state index < -0.39 is 9.84 Å². The van der Waals surface area contributed by atoms with Crippen LogP contribution in [-0.4, -0.2) is 45.1 Å². The maximum Gasteiger partial charge on any atom is 0.152 e. The van der Waals surface area contributed by atoms with Crippen molar-refractivity contribution < 1.29 is 8.42 Å². The number of hydrogen-bond donors (Lipinski definition) is 2. The predicted octanol–water partition coefficient (Wildman–Crippen LogP) is 0.153. The molecule has 1 rings (SSSR count). The number of sulfone groups is 1. The SMILES string of the molecule is CCNCCCNC1(C)CCS(=O)(=O)C1. The van der Waals surface area contributed by atoms with E-state index in [-0.39, 0.29) is 5.54 Å². The molecule has 0 amide bonds. The van der Waals surface area contributed by atoms with E-state index >= 15 is 0 Å². The highest BCUT2D eigenvalue weighted by Gasteiger charge is 2.37. The van der Waals surface area contributed by atoms with Crippen molar-refractivity contribution in [2.24, 2.45) is 0 Å². The molecule has 2 N–H and O–H groups in total. The highest BCUT2D eigenvalue weighted by Crippen LogP contribution is 2.22. The molecule has 1 aliphatic rings. The summed E-state index contributed by atoms with van der Waals surface area (Å²) in [5, 5.41) is 6.60. The van der Waals surface area contributed by atoms with Gasteiger partial charge in [-0.15, -0.1) is 0 Å². The second kappa shape index (κ2) is 5.27. The summed E-state index contributed by atoms with van der Waals surface area (Å²) in [6.07, 6.45) is 1.79. The molecular weight excluding hydrogens is 212 g/mol. The smallest absolute Gasteiger partial charge is 0.152 e. The molecule has 1 heterocycles. The van der Waals surface area contributed by atoms with Crippen LogP contribution in [0.5, 0.6) is 0 Å². The van der Waals surface area contributed by atoms with Gasteiger partial charge in [-0.2, -0.15) is 0 Å². The number of hydrogen-bond acceptors (Lipinski definition) is 4. The lowest BCUT2D eigenvalue weighted by Gasteiger charge is -2.23. The first-order chi connectivity index (χ1) is 6.97. The van der Waals surface area contributed by atoms with Gasteiger partial charge < -0.3 is 10.6 Å². The van der Waals surface area contributed by atoms with Crippen molar-refractivity contribution in [3.8, 4) is 0 Å². The van der Waals surface area contributed by atoms with E-state index in [2.05, 4.69) is 17.6 Å². The van der Waals surface area contributed by atoms with E-state index in [0.717, 1.165) is 32.5 Å². The maximum atomic E-state index is 11.3. The number of rotatable bonds is 6. The Labute approximate surface area is 92.7 Å². The summed E-state index contributed by atoms with van der Waals surface area (Å²) in [6, 6.07) is 0. The predicted molar refractivity (Wildman–Crippen MR) is 62.8 cm³/mol. The normalized spacial score (nSPS) is 29.5.